The van der Waals surface area contributed by atoms with Crippen molar-refractivity contribution in [3.8, 4) is 11.3 Å². The molecule has 4 rings (SSSR count). The van der Waals surface area contributed by atoms with Gasteiger partial charge in [0.15, 0.2) is 0 Å². The van der Waals surface area contributed by atoms with Crippen molar-refractivity contribution in [2.45, 2.75) is 33.9 Å². The predicted molar refractivity (Wildman–Crippen MR) is 126 cm³/mol. The van der Waals surface area contributed by atoms with Gasteiger partial charge in [-0.3, -0.25) is 4.79 Å². The fourth-order valence-electron chi connectivity index (χ4n) is 4.12. The maximum absolute atomic E-state index is 13.5. The molecule has 0 fully saturated rings. The van der Waals surface area contributed by atoms with Crippen LogP contribution in [0.5, 0.6) is 0 Å². The van der Waals surface area contributed by atoms with E-state index in [0.29, 0.717) is 27.7 Å². The number of rotatable bonds is 3. The van der Waals surface area contributed by atoms with Gasteiger partial charge in [0.2, 0.25) is 0 Å². The molecule has 0 aliphatic carbocycles. The average molecular weight is 448 g/mol. The second-order valence-corrected chi connectivity index (χ2v) is 8.30. The van der Waals surface area contributed by atoms with Crippen LogP contribution < -0.4 is 5.32 Å². The third-order valence-corrected chi connectivity index (χ3v) is 5.70. The largest absolute Gasteiger partial charge is 0.418 e. The first kappa shape index (κ1) is 22.5. The minimum atomic E-state index is -4.58. The number of hydrogen-bond donors (Lipinski definition) is 1. The lowest BCUT2D eigenvalue weighted by molar-refractivity contribution is -0.136. The van der Waals surface area contributed by atoms with Crippen LogP contribution in [-0.2, 0) is 6.18 Å². The predicted octanol–water partition coefficient (Wildman–Crippen LogP) is 7.41. The van der Waals surface area contributed by atoms with Crippen LogP contribution in [0, 0.1) is 27.7 Å². The van der Waals surface area contributed by atoms with E-state index in [2.05, 4.69) is 5.32 Å². The van der Waals surface area contributed by atoms with Crippen molar-refractivity contribution in [1.82, 2.24) is 4.98 Å². The number of para-hydroxylation sites is 1. The summed E-state index contributed by atoms with van der Waals surface area (Å²) in [5, 5.41) is 3.12. The highest BCUT2D eigenvalue weighted by Gasteiger charge is 2.34. The van der Waals surface area contributed by atoms with Crippen LogP contribution in [0.25, 0.3) is 22.2 Å². The number of aromatic nitrogens is 1. The lowest BCUT2D eigenvalue weighted by Crippen LogP contribution is -2.18. The maximum Gasteiger partial charge on any atom is 0.418 e. The van der Waals surface area contributed by atoms with Gasteiger partial charge in [0.05, 0.1) is 28.0 Å². The van der Waals surface area contributed by atoms with Gasteiger partial charge in [0.1, 0.15) is 0 Å². The molecule has 0 unspecified atom stereocenters. The highest BCUT2D eigenvalue weighted by Crippen LogP contribution is 2.36. The molecule has 1 heterocycles. The van der Waals surface area contributed by atoms with E-state index in [0.717, 1.165) is 28.3 Å². The van der Waals surface area contributed by atoms with Gasteiger partial charge in [0, 0.05) is 10.9 Å². The van der Waals surface area contributed by atoms with Crippen molar-refractivity contribution in [2.75, 3.05) is 5.32 Å². The van der Waals surface area contributed by atoms with Gasteiger partial charge in [0.25, 0.3) is 5.91 Å². The van der Waals surface area contributed by atoms with Gasteiger partial charge in [-0.25, -0.2) is 4.98 Å². The molecule has 0 aliphatic rings. The molecule has 0 aliphatic heterocycles. The molecule has 6 heteroatoms. The highest BCUT2D eigenvalue weighted by atomic mass is 19.4. The van der Waals surface area contributed by atoms with E-state index < -0.39 is 17.6 Å². The summed E-state index contributed by atoms with van der Waals surface area (Å²) < 4.78 is 40.5. The Morgan fingerprint density at radius 2 is 1.55 bits per heavy atom. The van der Waals surface area contributed by atoms with Crippen molar-refractivity contribution in [1.29, 1.82) is 0 Å². The van der Waals surface area contributed by atoms with Crippen LogP contribution in [0.1, 0.15) is 38.2 Å². The topological polar surface area (TPSA) is 42.0 Å². The SMILES string of the molecule is Cc1ccc(-c2nc3c(C)cc(C)cc3c(C(=O)Nc3ccccc3C(F)(F)F)c2C)cc1. The second-order valence-electron chi connectivity index (χ2n) is 8.30. The van der Waals surface area contributed by atoms with Crippen LogP contribution >= 0.6 is 0 Å². The number of anilines is 1. The zero-order chi connectivity index (χ0) is 23.9. The maximum atomic E-state index is 13.5. The van der Waals surface area contributed by atoms with Crippen LogP contribution in [0.4, 0.5) is 18.9 Å². The quantitative estimate of drug-likeness (QED) is 0.355. The van der Waals surface area contributed by atoms with E-state index in [1.807, 2.05) is 57.2 Å². The number of carbonyl (C=O) groups excluding carboxylic acids is 1. The minimum Gasteiger partial charge on any atom is -0.321 e. The van der Waals surface area contributed by atoms with Crippen molar-refractivity contribution < 1.29 is 18.0 Å². The van der Waals surface area contributed by atoms with E-state index >= 15 is 0 Å². The number of pyridine rings is 1. The Morgan fingerprint density at radius 1 is 0.879 bits per heavy atom. The third-order valence-electron chi connectivity index (χ3n) is 5.70. The third kappa shape index (κ3) is 4.33. The average Bonchev–Trinajstić information content (AvgIpc) is 2.73. The number of halogens is 3. The van der Waals surface area contributed by atoms with Crippen LogP contribution in [0.2, 0.25) is 0 Å². The van der Waals surface area contributed by atoms with Gasteiger partial charge in [-0.1, -0.05) is 53.6 Å². The zero-order valence-corrected chi connectivity index (χ0v) is 18.8. The minimum absolute atomic E-state index is 0.277. The number of benzene rings is 3. The Balaban J connectivity index is 1.94. The summed E-state index contributed by atoms with van der Waals surface area (Å²) in [6.07, 6.45) is -4.58. The molecule has 0 spiro atoms. The van der Waals surface area contributed by atoms with Crippen LogP contribution in [0.15, 0.2) is 60.7 Å². The van der Waals surface area contributed by atoms with Gasteiger partial charge in [-0.15, -0.1) is 0 Å². The molecule has 0 saturated heterocycles. The van der Waals surface area contributed by atoms with Crippen LogP contribution in [-0.4, -0.2) is 10.9 Å². The fourth-order valence-corrected chi connectivity index (χ4v) is 4.12. The molecule has 0 radical (unpaired) electrons. The smallest absolute Gasteiger partial charge is 0.321 e. The number of amides is 1. The standard InChI is InChI=1S/C27H23F3N2O/c1-15-9-11-19(12-10-15)25-18(4)23(20-14-16(2)13-17(3)24(20)32-25)26(33)31-22-8-6-5-7-21(22)27(28,29)30/h5-14H,1-4H3,(H,31,33). The molecule has 1 N–H and O–H groups in total. The molecular weight excluding hydrogens is 425 g/mol. The van der Waals surface area contributed by atoms with E-state index in [1.165, 1.54) is 18.2 Å². The summed E-state index contributed by atoms with van der Waals surface area (Å²) in [6.45, 7) is 7.59. The highest BCUT2D eigenvalue weighted by molar-refractivity contribution is 6.15. The molecule has 1 aromatic heterocycles. The van der Waals surface area contributed by atoms with Crippen molar-refractivity contribution >= 4 is 22.5 Å². The number of nitrogens with one attached hydrogen (secondary N) is 1. The summed E-state index contributed by atoms with van der Waals surface area (Å²) >= 11 is 0. The number of hydrogen-bond acceptors (Lipinski definition) is 2. The summed E-state index contributed by atoms with van der Waals surface area (Å²) in [4.78, 5) is 18.3. The summed E-state index contributed by atoms with van der Waals surface area (Å²) in [5.41, 5.74) is 4.80. The summed E-state index contributed by atoms with van der Waals surface area (Å²) in [7, 11) is 0. The van der Waals surface area contributed by atoms with Gasteiger partial charge in [-0.05, 0) is 57.0 Å². The Morgan fingerprint density at radius 3 is 2.21 bits per heavy atom. The number of alkyl halides is 3. The fraction of sp³-hybridized carbons (Fsp3) is 0.185. The first-order chi connectivity index (χ1) is 15.6. The first-order valence-electron chi connectivity index (χ1n) is 10.5. The van der Waals surface area contributed by atoms with Crippen molar-refractivity contribution in [2.24, 2.45) is 0 Å². The van der Waals surface area contributed by atoms with Gasteiger partial charge in [-0.2, -0.15) is 13.2 Å². The number of carbonyl (C=O) groups is 1. The molecule has 0 atom stereocenters. The van der Waals surface area contributed by atoms with Gasteiger partial charge >= 0.3 is 6.18 Å². The van der Waals surface area contributed by atoms with Crippen molar-refractivity contribution in [3.05, 3.63) is 94.0 Å². The second kappa shape index (κ2) is 8.35. The molecule has 3 nitrogen and oxygen atoms in total. The van der Waals surface area contributed by atoms with E-state index in [9.17, 15) is 18.0 Å². The zero-order valence-electron chi connectivity index (χ0n) is 18.8. The Hall–Kier alpha value is -3.67. The Bertz CT molecular complexity index is 1370. The summed E-state index contributed by atoms with van der Waals surface area (Å²) in [5.74, 6) is -0.602. The molecule has 0 bridgehead atoms. The number of fused-ring (bicyclic) bond motifs is 1. The number of nitrogens with zero attached hydrogens (tertiary/aromatic N) is 1. The lowest BCUT2D eigenvalue weighted by atomic mass is 9.94. The Kier molecular flexibility index (Phi) is 5.70. The monoisotopic (exact) mass is 448 g/mol. The molecule has 0 saturated carbocycles. The van der Waals surface area contributed by atoms with Gasteiger partial charge < -0.3 is 5.32 Å². The molecule has 4 aromatic rings. The molecule has 168 valence electrons. The summed E-state index contributed by atoms with van der Waals surface area (Å²) in [6, 6.07) is 16.6. The Labute approximate surface area is 190 Å². The number of aryl methyl sites for hydroxylation is 3. The van der Waals surface area contributed by atoms with E-state index in [1.54, 1.807) is 6.92 Å². The molecule has 1 amide bonds. The lowest BCUT2D eigenvalue weighted by Gasteiger charge is -2.18. The van der Waals surface area contributed by atoms with Crippen molar-refractivity contribution in [3.63, 3.8) is 0 Å². The first-order valence-corrected chi connectivity index (χ1v) is 10.5. The normalized spacial score (nSPS) is 11.6. The van der Waals surface area contributed by atoms with E-state index in [-0.39, 0.29) is 5.69 Å². The van der Waals surface area contributed by atoms with Crippen LogP contribution in [0.3, 0.4) is 0 Å². The molecular formula is C27H23F3N2O. The van der Waals surface area contributed by atoms with E-state index in [4.69, 9.17) is 4.98 Å². The molecule has 3 aromatic carbocycles. The molecule has 33 heavy (non-hydrogen) atoms.